The lowest BCUT2D eigenvalue weighted by molar-refractivity contribution is 0.102. The van der Waals surface area contributed by atoms with Crippen LogP contribution in [0, 0.1) is 0 Å². The van der Waals surface area contributed by atoms with Crippen LogP contribution in [0.3, 0.4) is 0 Å². The number of fused-ring (bicyclic) bond motifs is 1. The number of sulfonamides is 1. The van der Waals surface area contributed by atoms with Crippen LogP contribution in [0.4, 0.5) is 10.8 Å². The van der Waals surface area contributed by atoms with E-state index in [-0.39, 0.29) is 10.8 Å². The van der Waals surface area contributed by atoms with Gasteiger partial charge in [-0.15, -0.1) is 11.3 Å². The lowest BCUT2D eigenvalue weighted by Crippen LogP contribution is -2.14. The summed E-state index contributed by atoms with van der Waals surface area (Å²) in [5.41, 5.74) is 3.69. The lowest BCUT2D eigenvalue weighted by Gasteiger charge is -2.09. The molecule has 1 heterocycles. The van der Waals surface area contributed by atoms with Gasteiger partial charge in [-0.1, -0.05) is 6.07 Å². The molecule has 0 radical (unpaired) electrons. The maximum atomic E-state index is 12.5. The fraction of sp³-hybridized carbons (Fsp3) is 0.158. The monoisotopic (exact) mass is 399 g/mol. The highest BCUT2D eigenvalue weighted by Gasteiger charge is 2.17. The second kappa shape index (κ2) is 7.13. The van der Waals surface area contributed by atoms with Crippen molar-refractivity contribution in [2.24, 2.45) is 0 Å². The average molecular weight is 399 g/mol. The van der Waals surface area contributed by atoms with Crippen molar-refractivity contribution in [3.63, 3.8) is 0 Å². The normalized spacial score (nSPS) is 13.2. The van der Waals surface area contributed by atoms with Crippen LogP contribution in [0.5, 0.6) is 0 Å². The molecule has 1 aliphatic rings. The number of anilines is 2. The van der Waals surface area contributed by atoms with Gasteiger partial charge in [-0.25, -0.2) is 13.4 Å². The minimum absolute atomic E-state index is 0.105. The van der Waals surface area contributed by atoms with E-state index in [0.29, 0.717) is 16.4 Å². The maximum absolute atomic E-state index is 12.5. The summed E-state index contributed by atoms with van der Waals surface area (Å²) in [6.07, 6.45) is 4.74. The van der Waals surface area contributed by atoms with Gasteiger partial charge in [0, 0.05) is 22.8 Å². The van der Waals surface area contributed by atoms with E-state index in [4.69, 9.17) is 0 Å². The van der Waals surface area contributed by atoms with Crippen molar-refractivity contribution in [3.05, 3.63) is 70.7 Å². The SMILES string of the molecule is O=C(Nc1ccc(S(=O)(=O)Nc2nccs2)cc1)c1ccc2c(c1)CCC2. The third kappa shape index (κ3) is 3.86. The molecule has 27 heavy (non-hydrogen) atoms. The van der Waals surface area contributed by atoms with E-state index in [2.05, 4.69) is 15.0 Å². The Morgan fingerprint density at radius 3 is 2.56 bits per heavy atom. The summed E-state index contributed by atoms with van der Waals surface area (Å²) >= 11 is 1.20. The van der Waals surface area contributed by atoms with Crippen molar-refractivity contribution in [2.75, 3.05) is 10.0 Å². The number of carbonyl (C=O) groups is 1. The van der Waals surface area contributed by atoms with Crippen molar-refractivity contribution in [3.8, 4) is 0 Å². The first kappa shape index (κ1) is 17.7. The van der Waals surface area contributed by atoms with Crippen LogP contribution in [-0.4, -0.2) is 19.3 Å². The summed E-state index contributed by atoms with van der Waals surface area (Å²) in [5, 5.41) is 4.81. The second-order valence-corrected chi connectivity index (χ2v) is 8.84. The molecule has 1 aromatic heterocycles. The van der Waals surface area contributed by atoms with E-state index < -0.39 is 10.0 Å². The van der Waals surface area contributed by atoms with Gasteiger partial charge in [-0.3, -0.25) is 9.52 Å². The van der Waals surface area contributed by atoms with Gasteiger partial charge in [0.1, 0.15) is 0 Å². The largest absolute Gasteiger partial charge is 0.322 e. The topological polar surface area (TPSA) is 88.2 Å². The molecule has 1 amide bonds. The lowest BCUT2D eigenvalue weighted by atomic mass is 10.1. The summed E-state index contributed by atoms with van der Waals surface area (Å²) < 4.78 is 27.1. The van der Waals surface area contributed by atoms with Crippen molar-refractivity contribution in [2.45, 2.75) is 24.2 Å². The van der Waals surface area contributed by atoms with Gasteiger partial charge >= 0.3 is 0 Å². The molecule has 0 saturated heterocycles. The molecule has 0 aliphatic heterocycles. The predicted molar refractivity (Wildman–Crippen MR) is 106 cm³/mol. The number of nitrogens with one attached hydrogen (secondary N) is 2. The number of aromatic nitrogens is 1. The molecule has 6 nitrogen and oxygen atoms in total. The Morgan fingerprint density at radius 2 is 1.81 bits per heavy atom. The van der Waals surface area contributed by atoms with Crippen molar-refractivity contribution >= 4 is 38.1 Å². The standard InChI is InChI=1S/C19H17N3O3S2/c23-18(15-5-4-13-2-1-3-14(13)12-15)21-16-6-8-17(9-7-16)27(24,25)22-19-20-10-11-26-19/h4-12H,1-3H2,(H,20,22)(H,21,23). The average Bonchev–Trinajstić information content (AvgIpc) is 3.32. The molecule has 1 aliphatic carbocycles. The Labute approximate surface area is 161 Å². The quantitative estimate of drug-likeness (QED) is 0.685. The summed E-state index contributed by atoms with van der Waals surface area (Å²) in [6.45, 7) is 0. The summed E-state index contributed by atoms with van der Waals surface area (Å²) in [7, 11) is -3.70. The molecule has 2 aromatic carbocycles. The van der Waals surface area contributed by atoms with Gasteiger partial charge in [0.05, 0.1) is 4.90 Å². The number of hydrogen-bond donors (Lipinski definition) is 2. The van der Waals surface area contributed by atoms with Crippen LogP contribution in [-0.2, 0) is 22.9 Å². The van der Waals surface area contributed by atoms with Crippen LogP contribution in [0.25, 0.3) is 0 Å². The number of aryl methyl sites for hydroxylation is 2. The fourth-order valence-electron chi connectivity index (χ4n) is 3.08. The smallest absolute Gasteiger partial charge is 0.263 e. The first-order valence-corrected chi connectivity index (χ1v) is 10.8. The highest BCUT2D eigenvalue weighted by atomic mass is 32.2. The highest BCUT2D eigenvalue weighted by Crippen LogP contribution is 2.24. The minimum atomic E-state index is -3.70. The number of benzene rings is 2. The number of thiazole rings is 1. The van der Waals surface area contributed by atoms with E-state index in [0.717, 1.165) is 19.3 Å². The molecular weight excluding hydrogens is 382 g/mol. The molecule has 3 aromatic rings. The van der Waals surface area contributed by atoms with Crippen LogP contribution >= 0.6 is 11.3 Å². The van der Waals surface area contributed by atoms with Crippen molar-refractivity contribution in [1.82, 2.24) is 4.98 Å². The molecule has 8 heteroatoms. The first-order chi connectivity index (χ1) is 13.0. The Bertz CT molecular complexity index is 1080. The molecular formula is C19H17N3O3S2. The molecule has 0 bridgehead atoms. The van der Waals surface area contributed by atoms with Gasteiger partial charge in [0.2, 0.25) is 0 Å². The summed E-state index contributed by atoms with van der Waals surface area (Å²) in [5.74, 6) is -0.207. The fourth-order valence-corrected chi connectivity index (χ4v) is 4.87. The maximum Gasteiger partial charge on any atom is 0.263 e. The third-order valence-corrected chi connectivity index (χ3v) is 6.61. The summed E-state index contributed by atoms with van der Waals surface area (Å²) in [6, 6.07) is 11.8. The van der Waals surface area contributed by atoms with E-state index in [1.54, 1.807) is 17.5 Å². The van der Waals surface area contributed by atoms with E-state index in [1.807, 2.05) is 18.2 Å². The van der Waals surface area contributed by atoms with Crippen LogP contribution < -0.4 is 10.0 Å². The van der Waals surface area contributed by atoms with Gasteiger partial charge in [0.15, 0.2) is 5.13 Å². The number of carbonyl (C=O) groups excluding carboxylic acids is 1. The van der Waals surface area contributed by atoms with Crippen LogP contribution in [0.2, 0.25) is 0 Å². The van der Waals surface area contributed by atoms with Crippen LogP contribution in [0.15, 0.2) is 58.9 Å². The van der Waals surface area contributed by atoms with Gasteiger partial charge < -0.3 is 5.32 Å². The second-order valence-electron chi connectivity index (χ2n) is 6.26. The Morgan fingerprint density at radius 1 is 1.04 bits per heavy atom. The highest BCUT2D eigenvalue weighted by molar-refractivity contribution is 7.93. The molecule has 0 fully saturated rings. The van der Waals surface area contributed by atoms with Crippen molar-refractivity contribution in [1.29, 1.82) is 0 Å². The Kier molecular flexibility index (Phi) is 4.67. The molecule has 0 unspecified atom stereocenters. The number of amides is 1. The van der Waals surface area contributed by atoms with E-state index in [1.165, 1.54) is 40.8 Å². The van der Waals surface area contributed by atoms with Crippen LogP contribution in [0.1, 0.15) is 27.9 Å². The van der Waals surface area contributed by atoms with E-state index >= 15 is 0 Å². The predicted octanol–water partition coefficient (Wildman–Crippen LogP) is 3.68. The molecule has 0 saturated carbocycles. The van der Waals surface area contributed by atoms with Gasteiger partial charge in [-0.2, -0.15) is 0 Å². The number of hydrogen-bond acceptors (Lipinski definition) is 5. The van der Waals surface area contributed by atoms with Gasteiger partial charge in [-0.05, 0) is 66.8 Å². The zero-order chi connectivity index (χ0) is 18.9. The van der Waals surface area contributed by atoms with Crippen molar-refractivity contribution < 1.29 is 13.2 Å². The number of nitrogens with zero attached hydrogens (tertiary/aromatic N) is 1. The Hall–Kier alpha value is -2.71. The molecule has 0 atom stereocenters. The zero-order valence-corrected chi connectivity index (χ0v) is 15.9. The summed E-state index contributed by atoms with van der Waals surface area (Å²) in [4.78, 5) is 16.5. The van der Waals surface area contributed by atoms with E-state index in [9.17, 15) is 13.2 Å². The Balaban J connectivity index is 1.47. The zero-order valence-electron chi connectivity index (χ0n) is 14.3. The first-order valence-electron chi connectivity index (χ1n) is 8.47. The van der Waals surface area contributed by atoms with Gasteiger partial charge in [0.25, 0.3) is 15.9 Å². The molecule has 4 rings (SSSR count). The third-order valence-electron chi connectivity index (χ3n) is 4.44. The number of rotatable bonds is 5. The minimum Gasteiger partial charge on any atom is -0.322 e. The molecule has 138 valence electrons. The molecule has 2 N–H and O–H groups in total. The molecule has 0 spiro atoms.